The lowest BCUT2D eigenvalue weighted by Crippen LogP contribution is -2.41. The van der Waals surface area contributed by atoms with Gasteiger partial charge in [-0.2, -0.15) is 0 Å². The molecule has 28 heavy (non-hydrogen) atoms. The second-order valence-electron chi connectivity index (χ2n) is 8.33. The zero-order valence-corrected chi connectivity index (χ0v) is 16.6. The number of hydrogen-bond acceptors (Lipinski definition) is 4. The molecule has 0 aromatic heterocycles. The van der Waals surface area contributed by atoms with Crippen molar-refractivity contribution in [2.24, 2.45) is 5.92 Å². The fraction of sp³-hybridized carbons (Fsp3) is 0.591. The third kappa shape index (κ3) is 3.46. The van der Waals surface area contributed by atoms with Gasteiger partial charge in [0, 0.05) is 24.7 Å². The van der Waals surface area contributed by atoms with Gasteiger partial charge in [0.15, 0.2) is 0 Å². The van der Waals surface area contributed by atoms with E-state index >= 15 is 0 Å². The number of piperidine rings is 1. The summed E-state index contributed by atoms with van der Waals surface area (Å²) < 4.78 is 0. The molecule has 0 spiro atoms. The van der Waals surface area contributed by atoms with E-state index in [9.17, 15) is 14.4 Å². The largest absolute Gasteiger partial charge is 0.339 e. The third-order valence-electron chi connectivity index (χ3n) is 6.50. The quantitative estimate of drug-likeness (QED) is 0.812. The fourth-order valence-corrected chi connectivity index (χ4v) is 4.87. The van der Waals surface area contributed by atoms with Gasteiger partial charge in [-0.15, -0.1) is 0 Å². The second kappa shape index (κ2) is 8.03. The van der Waals surface area contributed by atoms with Gasteiger partial charge in [0.25, 0.3) is 17.7 Å². The molecule has 2 aliphatic heterocycles. The van der Waals surface area contributed by atoms with Gasteiger partial charge < -0.3 is 10.2 Å². The maximum absolute atomic E-state index is 12.9. The van der Waals surface area contributed by atoms with E-state index in [1.54, 1.807) is 18.2 Å². The summed E-state index contributed by atoms with van der Waals surface area (Å²) in [4.78, 5) is 42.0. The predicted octanol–water partition coefficient (Wildman–Crippen LogP) is 2.69. The summed E-state index contributed by atoms with van der Waals surface area (Å²) in [6, 6.07) is 5.02. The van der Waals surface area contributed by atoms with Crippen molar-refractivity contribution in [2.75, 3.05) is 26.7 Å². The van der Waals surface area contributed by atoms with Crippen LogP contribution in [0.15, 0.2) is 18.2 Å². The highest BCUT2D eigenvalue weighted by molar-refractivity contribution is 6.22. The van der Waals surface area contributed by atoms with Crippen molar-refractivity contribution in [3.05, 3.63) is 34.9 Å². The Balaban J connectivity index is 1.49. The summed E-state index contributed by atoms with van der Waals surface area (Å²) in [5.74, 6) is 0.146. The number of nitrogens with zero attached hydrogens (tertiary/aromatic N) is 2. The van der Waals surface area contributed by atoms with E-state index in [0.29, 0.717) is 22.6 Å². The topological polar surface area (TPSA) is 69.7 Å². The SMILES string of the molecule is CNCC1CCN(C(=O)c2ccc3c(c2)C(=O)N(C2CCCCC2)C3=O)CC1. The standard InChI is InChI=1S/C22H29N3O3/c1-23-14-15-9-11-24(12-10-15)20(26)16-7-8-18-19(13-16)22(28)25(21(18)27)17-5-3-2-4-6-17/h7-8,13,15,17,23H,2-6,9-12,14H2,1H3. The zero-order valence-electron chi connectivity index (χ0n) is 16.6. The van der Waals surface area contributed by atoms with Crippen molar-refractivity contribution < 1.29 is 14.4 Å². The van der Waals surface area contributed by atoms with Crippen LogP contribution in [0.3, 0.4) is 0 Å². The van der Waals surface area contributed by atoms with Gasteiger partial charge in [-0.25, -0.2) is 0 Å². The van der Waals surface area contributed by atoms with E-state index in [2.05, 4.69) is 5.32 Å². The molecule has 3 aliphatic rings. The van der Waals surface area contributed by atoms with Crippen LogP contribution in [0, 0.1) is 5.92 Å². The molecule has 150 valence electrons. The van der Waals surface area contributed by atoms with E-state index in [1.807, 2.05) is 11.9 Å². The van der Waals surface area contributed by atoms with Crippen LogP contribution in [-0.2, 0) is 0 Å². The number of benzene rings is 1. The molecule has 2 heterocycles. The number of carbonyl (C=O) groups is 3. The molecular weight excluding hydrogens is 354 g/mol. The number of fused-ring (bicyclic) bond motifs is 1. The monoisotopic (exact) mass is 383 g/mol. The first-order chi connectivity index (χ1) is 13.6. The highest BCUT2D eigenvalue weighted by Crippen LogP contribution is 2.32. The van der Waals surface area contributed by atoms with Crippen LogP contribution in [0.4, 0.5) is 0 Å². The lowest BCUT2D eigenvalue weighted by atomic mass is 9.94. The van der Waals surface area contributed by atoms with Crippen LogP contribution in [0.1, 0.15) is 76.0 Å². The summed E-state index contributed by atoms with van der Waals surface area (Å²) in [6.07, 6.45) is 7.05. The second-order valence-corrected chi connectivity index (χ2v) is 8.33. The number of likely N-dealkylation sites (tertiary alicyclic amines) is 1. The number of amides is 3. The van der Waals surface area contributed by atoms with Crippen molar-refractivity contribution in [1.82, 2.24) is 15.1 Å². The molecule has 6 heteroatoms. The number of carbonyl (C=O) groups excluding carboxylic acids is 3. The molecule has 1 saturated heterocycles. The minimum Gasteiger partial charge on any atom is -0.339 e. The highest BCUT2D eigenvalue weighted by atomic mass is 16.2. The molecule has 1 aliphatic carbocycles. The Morgan fingerprint density at radius 1 is 1.00 bits per heavy atom. The van der Waals surface area contributed by atoms with E-state index in [-0.39, 0.29) is 23.8 Å². The van der Waals surface area contributed by atoms with Crippen molar-refractivity contribution >= 4 is 17.7 Å². The molecule has 2 fully saturated rings. The van der Waals surface area contributed by atoms with Crippen LogP contribution < -0.4 is 5.32 Å². The Morgan fingerprint density at radius 3 is 2.36 bits per heavy atom. The molecule has 1 N–H and O–H groups in total. The zero-order chi connectivity index (χ0) is 19.7. The van der Waals surface area contributed by atoms with Crippen LogP contribution in [0.5, 0.6) is 0 Å². The Morgan fingerprint density at radius 2 is 1.68 bits per heavy atom. The maximum atomic E-state index is 12.9. The predicted molar refractivity (Wildman–Crippen MR) is 106 cm³/mol. The average molecular weight is 383 g/mol. The Labute approximate surface area is 166 Å². The Bertz CT molecular complexity index is 777. The van der Waals surface area contributed by atoms with E-state index < -0.39 is 0 Å². The molecule has 4 rings (SSSR count). The van der Waals surface area contributed by atoms with Gasteiger partial charge in [0.1, 0.15) is 0 Å². The van der Waals surface area contributed by atoms with Crippen LogP contribution in [0.2, 0.25) is 0 Å². The van der Waals surface area contributed by atoms with Crippen molar-refractivity contribution in [3.8, 4) is 0 Å². The van der Waals surface area contributed by atoms with Crippen molar-refractivity contribution in [1.29, 1.82) is 0 Å². The van der Waals surface area contributed by atoms with Gasteiger partial charge >= 0.3 is 0 Å². The maximum Gasteiger partial charge on any atom is 0.261 e. The molecule has 0 radical (unpaired) electrons. The van der Waals surface area contributed by atoms with Crippen LogP contribution in [-0.4, -0.2) is 60.2 Å². The number of imide groups is 1. The number of rotatable bonds is 4. The highest BCUT2D eigenvalue weighted by Gasteiger charge is 2.40. The van der Waals surface area contributed by atoms with Crippen LogP contribution in [0.25, 0.3) is 0 Å². The normalized spacial score (nSPS) is 21.3. The van der Waals surface area contributed by atoms with E-state index in [4.69, 9.17) is 0 Å². The first-order valence-electron chi connectivity index (χ1n) is 10.6. The van der Waals surface area contributed by atoms with Gasteiger partial charge in [-0.1, -0.05) is 19.3 Å². The lowest BCUT2D eigenvalue weighted by molar-refractivity contribution is 0.0548. The molecule has 1 aromatic rings. The number of hydrogen-bond donors (Lipinski definition) is 1. The van der Waals surface area contributed by atoms with Crippen LogP contribution >= 0.6 is 0 Å². The summed E-state index contributed by atoms with van der Waals surface area (Å²) in [6.45, 7) is 2.46. The van der Waals surface area contributed by atoms with Crippen molar-refractivity contribution in [2.45, 2.75) is 51.0 Å². The van der Waals surface area contributed by atoms with E-state index in [0.717, 1.165) is 58.2 Å². The summed E-state index contributed by atoms with van der Waals surface area (Å²) in [5, 5.41) is 3.20. The lowest BCUT2D eigenvalue weighted by Gasteiger charge is -2.32. The van der Waals surface area contributed by atoms with Gasteiger partial charge in [0.05, 0.1) is 11.1 Å². The number of nitrogens with one attached hydrogen (secondary N) is 1. The molecule has 0 unspecified atom stereocenters. The summed E-state index contributed by atoms with van der Waals surface area (Å²) >= 11 is 0. The molecule has 1 saturated carbocycles. The minimum atomic E-state index is -0.228. The molecular formula is C22H29N3O3. The van der Waals surface area contributed by atoms with Crippen molar-refractivity contribution in [3.63, 3.8) is 0 Å². The molecule has 0 bridgehead atoms. The Kier molecular flexibility index (Phi) is 5.49. The summed E-state index contributed by atoms with van der Waals surface area (Å²) in [7, 11) is 1.96. The first kappa shape index (κ1) is 19.1. The first-order valence-corrected chi connectivity index (χ1v) is 10.6. The van der Waals surface area contributed by atoms with Gasteiger partial charge in [-0.05, 0) is 63.4 Å². The smallest absolute Gasteiger partial charge is 0.261 e. The fourth-order valence-electron chi connectivity index (χ4n) is 4.87. The third-order valence-corrected chi connectivity index (χ3v) is 6.50. The van der Waals surface area contributed by atoms with Gasteiger partial charge in [0.2, 0.25) is 0 Å². The van der Waals surface area contributed by atoms with Gasteiger partial charge in [-0.3, -0.25) is 19.3 Å². The average Bonchev–Trinajstić information content (AvgIpc) is 2.99. The Hall–Kier alpha value is -2.21. The summed E-state index contributed by atoms with van der Waals surface area (Å²) in [5.41, 5.74) is 1.35. The molecule has 6 nitrogen and oxygen atoms in total. The molecule has 0 atom stereocenters. The molecule has 3 amide bonds. The van der Waals surface area contributed by atoms with E-state index in [1.165, 1.54) is 11.3 Å². The molecule has 1 aromatic carbocycles. The minimum absolute atomic E-state index is 0.00602.